The maximum Gasteiger partial charge on any atom is 0.179 e. The van der Waals surface area contributed by atoms with E-state index in [1.165, 1.54) is 6.92 Å². The molecule has 6 heteroatoms. The summed E-state index contributed by atoms with van der Waals surface area (Å²) in [5.41, 5.74) is 3.08. The molecule has 118 valence electrons. The summed E-state index contributed by atoms with van der Waals surface area (Å²) in [6.07, 6.45) is 1.78. The van der Waals surface area contributed by atoms with Crippen molar-refractivity contribution < 1.29 is 4.79 Å². The van der Waals surface area contributed by atoms with Crippen LogP contribution in [-0.4, -0.2) is 30.6 Å². The Morgan fingerprint density at radius 1 is 1.12 bits per heavy atom. The lowest BCUT2D eigenvalue weighted by atomic mass is 9.98. The summed E-state index contributed by atoms with van der Waals surface area (Å²) >= 11 is 0. The Kier molecular flexibility index (Phi) is 3.30. The van der Waals surface area contributed by atoms with E-state index in [0.29, 0.717) is 17.2 Å². The number of fused-ring (bicyclic) bond motifs is 2. The van der Waals surface area contributed by atoms with Gasteiger partial charge in [0.25, 0.3) is 0 Å². The molecule has 1 aromatic carbocycles. The molecule has 0 fully saturated rings. The molecule has 0 bridgehead atoms. The highest BCUT2D eigenvalue weighted by Gasteiger charge is 2.18. The number of benzene rings is 1. The fourth-order valence-electron chi connectivity index (χ4n) is 2.78. The van der Waals surface area contributed by atoms with Gasteiger partial charge in [0.05, 0.1) is 5.52 Å². The predicted octanol–water partition coefficient (Wildman–Crippen LogP) is 3.03. The zero-order valence-corrected chi connectivity index (χ0v) is 13.3. The molecule has 6 nitrogen and oxygen atoms in total. The van der Waals surface area contributed by atoms with Crippen molar-refractivity contribution in [3.8, 4) is 0 Å². The summed E-state index contributed by atoms with van der Waals surface area (Å²) < 4.78 is 1.65. The van der Waals surface area contributed by atoms with Crippen LogP contribution in [0.5, 0.6) is 0 Å². The molecule has 3 heterocycles. The minimum absolute atomic E-state index is 0.0145. The van der Waals surface area contributed by atoms with Crippen molar-refractivity contribution in [3.05, 3.63) is 65.7 Å². The number of hydrogen-bond donors (Lipinski definition) is 0. The van der Waals surface area contributed by atoms with E-state index in [2.05, 4.69) is 33.3 Å². The smallest absolute Gasteiger partial charge is 0.179 e. The summed E-state index contributed by atoms with van der Waals surface area (Å²) in [5, 5.41) is 13.9. The van der Waals surface area contributed by atoms with Crippen LogP contribution in [0.25, 0.3) is 16.6 Å². The van der Waals surface area contributed by atoms with Crippen LogP contribution in [0.3, 0.4) is 0 Å². The van der Waals surface area contributed by atoms with Gasteiger partial charge in [-0.3, -0.25) is 9.78 Å². The van der Waals surface area contributed by atoms with Crippen LogP contribution in [0, 0.1) is 0 Å². The van der Waals surface area contributed by atoms with Gasteiger partial charge in [0, 0.05) is 24.4 Å². The zero-order valence-electron chi connectivity index (χ0n) is 13.3. The number of nitrogens with zero attached hydrogens (tertiary/aromatic N) is 5. The molecule has 1 unspecified atom stereocenters. The van der Waals surface area contributed by atoms with Gasteiger partial charge in [-0.25, -0.2) is 0 Å². The zero-order chi connectivity index (χ0) is 16.7. The monoisotopic (exact) mass is 317 g/mol. The molecular formula is C18H15N5O. The highest BCUT2D eigenvalue weighted by Crippen LogP contribution is 2.25. The highest BCUT2D eigenvalue weighted by molar-refractivity contribution is 5.92. The summed E-state index contributed by atoms with van der Waals surface area (Å²) in [7, 11) is 0. The van der Waals surface area contributed by atoms with Gasteiger partial charge < -0.3 is 0 Å². The Balaban J connectivity index is 1.82. The SMILES string of the molecule is CC(=O)c1ccc2nnc(C(C)c3ccc4ncccc4c3)n2n1. The molecule has 0 amide bonds. The van der Waals surface area contributed by atoms with Gasteiger partial charge in [-0.2, -0.15) is 9.61 Å². The first-order valence-electron chi connectivity index (χ1n) is 7.71. The summed E-state index contributed by atoms with van der Waals surface area (Å²) in [4.78, 5) is 15.9. The number of hydrogen-bond acceptors (Lipinski definition) is 5. The van der Waals surface area contributed by atoms with Crippen molar-refractivity contribution in [2.45, 2.75) is 19.8 Å². The van der Waals surface area contributed by atoms with Gasteiger partial charge in [-0.05, 0) is 35.9 Å². The maximum absolute atomic E-state index is 11.6. The van der Waals surface area contributed by atoms with Crippen molar-refractivity contribution in [1.29, 1.82) is 0 Å². The Morgan fingerprint density at radius 2 is 2.00 bits per heavy atom. The van der Waals surface area contributed by atoms with E-state index in [-0.39, 0.29) is 11.7 Å². The molecule has 0 saturated heterocycles. The van der Waals surface area contributed by atoms with E-state index in [0.717, 1.165) is 16.5 Å². The van der Waals surface area contributed by atoms with Crippen molar-refractivity contribution in [2.75, 3.05) is 0 Å². The second kappa shape index (κ2) is 5.49. The second-order valence-corrected chi connectivity index (χ2v) is 5.78. The first-order chi connectivity index (χ1) is 11.6. The van der Waals surface area contributed by atoms with Gasteiger partial charge in [-0.15, -0.1) is 10.2 Å². The molecule has 0 spiro atoms. The van der Waals surface area contributed by atoms with Gasteiger partial charge in [-0.1, -0.05) is 19.1 Å². The summed E-state index contributed by atoms with van der Waals surface area (Å²) in [5.74, 6) is 0.608. The number of ketones is 1. The molecule has 3 aromatic heterocycles. The predicted molar refractivity (Wildman–Crippen MR) is 90.0 cm³/mol. The number of rotatable bonds is 3. The molecule has 0 N–H and O–H groups in total. The minimum atomic E-state index is -0.0824. The van der Waals surface area contributed by atoms with Crippen LogP contribution in [0.4, 0.5) is 0 Å². The lowest BCUT2D eigenvalue weighted by Crippen LogP contribution is -2.08. The first kappa shape index (κ1) is 14.4. The Morgan fingerprint density at radius 3 is 2.83 bits per heavy atom. The van der Waals surface area contributed by atoms with Gasteiger partial charge >= 0.3 is 0 Å². The highest BCUT2D eigenvalue weighted by atomic mass is 16.1. The number of carbonyl (C=O) groups is 1. The van der Waals surface area contributed by atoms with E-state index in [1.54, 1.807) is 22.8 Å². The Hall–Kier alpha value is -3.15. The molecule has 4 rings (SSSR count). The molecule has 4 aromatic rings. The third-order valence-corrected chi connectivity index (χ3v) is 4.16. The Labute approximate surface area is 138 Å². The van der Waals surface area contributed by atoms with Crippen molar-refractivity contribution >= 4 is 22.3 Å². The normalized spacial score (nSPS) is 12.6. The number of carbonyl (C=O) groups excluding carboxylic acids is 1. The second-order valence-electron chi connectivity index (χ2n) is 5.78. The summed E-state index contributed by atoms with van der Waals surface area (Å²) in [6, 6.07) is 13.5. The fraction of sp³-hybridized carbons (Fsp3) is 0.167. The third kappa shape index (κ3) is 2.32. The Bertz CT molecular complexity index is 1070. The van der Waals surface area contributed by atoms with Crippen LogP contribution >= 0.6 is 0 Å². The van der Waals surface area contributed by atoms with Crippen LogP contribution in [0.2, 0.25) is 0 Å². The molecule has 0 aliphatic heterocycles. The number of Topliss-reactive ketones (excluding diaryl/α,β-unsaturated/α-hetero) is 1. The average molecular weight is 317 g/mol. The molecular weight excluding hydrogens is 302 g/mol. The van der Waals surface area contributed by atoms with E-state index in [1.807, 2.05) is 24.3 Å². The average Bonchev–Trinajstić information content (AvgIpc) is 3.03. The van der Waals surface area contributed by atoms with Gasteiger partial charge in [0.2, 0.25) is 0 Å². The lowest BCUT2D eigenvalue weighted by molar-refractivity contribution is 0.101. The van der Waals surface area contributed by atoms with Crippen molar-refractivity contribution in [2.24, 2.45) is 0 Å². The fourth-order valence-corrected chi connectivity index (χ4v) is 2.78. The first-order valence-corrected chi connectivity index (χ1v) is 7.71. The van der Waals surface area contributed by atoms with Gasteiger partial charge in [0.1, 0.15) is 5.69 Å². The lowest BCUT2D eigenvalue weighted by Gasteiger charge is -2.11. The van der Waals surface area contributed by atoms with E-state index in [4.69, 9.17) is 0 Å². The van der Waals surface area contributed by atoms with E-state index >= 15 is 0 Å². The van der Waals surface area contributed by atoms with Crippen LogP contribution in [-0.2, 0) is 0 Å². The minimum Gasteiger partial charge on any atom is -0.293 e. The maximum atomic E-state index is 11.6. The number of pyridine rings is 1. The molecule has 24 heavy (non-hydrogen) atoms. The van der Waals surface area contributed by atoms with Crippen molar-refractivity contribution in [1.82, 2.24) is 24.8 Å². The van der Waals surface area contributed by atoms with E-state index in [9.17, 15) is 4.79 Å². The van der Waals surface area contributed by atoms with Crippen LogP contribution < -0.4 is 0 Å². The largest absolute Gasteiger partial charge is 0.293 e. The topological polar surface area (TPSA) is 73.0 Å². The molecule has 0 aliphatic rings. The molecule has 0 aliphatic carbocycles. The number of aromatic nitrogens is 5. The molecule has 0 radical (unpaired) electrons. The third-order valence-electron chi connectivity index (χ3n) is 4.16. The quantitative estimate of drug-likeness (QED) is 0.543. The standard InChI is InChI=1S/C18H15N5O/c1-11(13-5-6-16-14(10-13)4-3-9-19-16)18-21-20-17-8-7-15(12(2)24)22-23(17)18/h3-11H,1-2H3. The van der Waals surface area contributed by atoms with Crippen molar-refractivity contribution in [3.63, 3.8) is 0 Å². The van der Waals surface area contributed by atoms with E-state index < -0.39 is 0 Å². The van der Waals surface area contributed by atoms with Gasteiger partial charge in [0.15, 0.2) is 17.3 Å². The van der Waals surface area contributed by atoms with Crippen LogP contribution in [0.1, 0.15) is 41.6 Å². The molecule has 0 saturated carbocycles. The summed E-state index contributed by atoms with van der Waals surface area (Å²) in [6.45, 7) is 3.55. The van der Waals surface area contributed by atoms with Crippen LogP contribution in [0.15, 0.2) is 48.7 Å². The molecule has 1 atom stereocenters.